The standard InChI is InChI=1S/C15H19N5.ClH/c1-12-11-14(18-15(16)17-12)20-9-7-19(8-10-20)13-5-3-2-4-6-13;/h2-6,11H,7-10H2,1H3,(H2,16,17,18);1H/p-1. The summed E-state index contributed by atoms with van der Waals surface area (Å²) in [6, 6.07) is 12.5. The van der Waals surface area contributed by atoms with Crippen LogP contribution in [0.25, 0.3) is 0 Å². The van der Waals surface area contributed by atoms with Crippen LogP contribution < -0.4 is 27.9 Å². The van der Waals surface area contributed by atoms with Gasteiger partial charge in [0.15, 0.2) is 0 Å². The second kappa shape index (κ2) is 6.63. The number of hydrogen-bond donors (Lipinski definition) is 1. The third-order valence-corrected chi connectivity index (χ3v) is 3.58. The zero-order valence-corrected chi connectivity index (χ0v) is 12.8. The lowest BCUT2D eigenvalue weighted by Gasteiger charge is -2.36. The van der Waals surface area contributed by atoms with E-state index >= 15 is 0 Å². The zero-order valence-electron chi connectivity index (χ0n) is 12.0. The van der Waals surface area contributed by atoms with E-state index in [1.54, 1.807) is 0 Å². The number of anilines is 3. The number of rotatable bonds is 2. The third kappa shape index (κ3) is 3.55. The molecule has 2 N–H and O–H groups in total. The number of nitrogen functional groups attached to an aromatic ring is 1. The molecule has 1 saturated heterocycles. The highest BCUT2D eigenvalue weighted by atomic mass is 35.5. The summed E-state index contributed by atoms with van der Waals surface area (Å²) in [5.74, 6) is 1.29. The first-order valence-corrected chi connectivity index (χ1v) is 6.88. The summed E-state index contributed by atoms with van der Waals surface area (Å²) in [5, 5.41) is 0. The Morgan fingerprint density at radius 1 is 0.952 bits per heavy atom. The summed E-state index contributed by atoms with van der Waals surface area (Å²) in [6.07, 6.45) is 0. The summed E-state index contributed by atoms with van der Waals surface area (Å²) in [6.45, 7) is 5.83. The van der Waals surface area contributed by atoms with Gasteiger partial charge < -0.3 is 27.9 Å². The molecule has 0 spiro atoms. The summed E-state index contributed by atoms with van der Waals surface area (Å²) >= 11 is 0. The fourth-order valence-corrected chi connectivity index (χ4v) is 2.57. The van der Waals surface area contributed by atoms with Crippen molar-refractivity contribution in [1.29, 1.82) is 0 Å². The fraction of sp³-hybridized carbons (Fsp3) is 0.333. The Kier molecular flexibility index (Phi) is 4.85. The van der Waals surface area contributed by atoms with Crippen LogP contribution in [-0.4, -0.2) is 36.1 Å². The number of aromatic nitrogens is 2. The normalized spacial score (nSPS) is 14.7. The second-order valence-corrected chi connectivity index (χ2v) is 5.04. The molecule has 0 aliphatic carbocycles. The van der Waals surface area contributed by atoms with Gasteiger partial charge in [0.1, 0.15) is 5.82 Å². The monoisotopic (exact) mass is 304 g/mol. The largest absolute Gasteiger partial charge is 1.00 e. The maximum absolute atomic E-state index is 5.73. The van der Waals surface area contributed by atoms with Gasteiger partial charge in [0.05, 0.1) is 0 Å². The summed E-state index contributed by atoms with van der Waals surface area (Å²) in [4.78, 5) is 13.1. The Morgan fingerprint density at radius 2 is 1.57 bits per heavy atom. The van der Waals surface area contributed by atoms with Crippen molar-refractivity contribution >= 4 is 17.5 Å². The summed E-state index contributed by atoms with van der Waals surface area (Å²) in [7, 11) is 0. The Bertz CT molecular complexity index is 562. The molecule has 0 unspecified atom stereocenters. The van der Waals surface area contributed by atoms with Gasteiger partial charge in [0, 0.05) is 43.6 Å². The second-order valence-electron chi connectivity index (χ2n) is 5.04. The van der Waals surface area contributed by atoms with Crippen molar-refractivity contribution in [2.75, 3.05) is 41.7 Å². The van der Waals surface area contributed by atoms with E-state index in [1.165, 1.54) is 5.69 Å². The van der Waals surface area contributed by atoms with Crippen LogP contribution in [0.2, 0.25) is 0 Å². The molecule has 2 aromatic rings. The van der Waals surface area contributed by atoms with Crippen molar-refractivity contribution in [1.82, 2.24) is 9.97 Å². The van der Waals surface area contributed by atoms with Crippen LogP contribution in [0.5, 0.6) is 0 Å². The van der Waals surface area contributed by atoms with E-state index in [0.717, 1.165) is 37.7 Å². The highest BCUT2D eigenvalue weighted by molar-refractivity contribution is 5.50. The minimum absolute atomic E-state index is 0. The molecule has 2 heterocycles. The first kappa shape index (κ1) is 15.4. The molecule has 0 bridgehead atoms. The van der Waals surface area contributed by atoms with Gasteiger partial charge in [-0.3, -0.25) is 0 Å². The van der Waals surface area contributed by atoms with Crippen LogP contribution in [0.4, 0.5) is 17.5 Å². The summed E-state index contributed by atoms with van der Waals surface area (Å²) in [5.41, 5.74) is 7.92. The van der Waals surface area contributed by atoms with E-state index in [1.807, 2.05) is 19.1 Å². The number of nitrogens with zero attached hydrogens (tertiary/aromatic N) is 4. The molecule has 1 aliphatic heterocycles. The smallest absolute Gasteiger partial charge is 0.222 e. The van der Waals surface area contributed by atoms with Crippen LogP contribution in [0.3, 0.4) is 0 Å². The number of hydrogen-bond acceptors (Lipinski definition) is 5. The number of para-hydroxylation sites is 1. The van der Waals surface area contributed by atoms with Crippen LogP contribution in [0, 0.1) is 6.92 Å². The van der Waals surface area contributed by atoms with E-state index in [2.05, 4.69) is 44.0 Å². The van der Waals surface area contributed by atoms with Gasteiger partial charge in [-0.25, -0.2) is 4.98 Å². The molecular formula is C15H19ClN5-. The first-order valence-electron chi connectivity index (χ1n) is 6.88. The molecule has 112 valence electrons. The van der Waals surface area contributed by atoms with Crippen molar-refractivity contribution in [3.05, 3.63) is 42.1 Å². The third-order valence-electron chi connectivity index (χ3n) is 3.58. The lowest BCUT2D eigenvalue weighted by molar-refractivity contribution is -0.00000435. The average Bonchev–Trinajstić information content (AvgIpc) is 2.47. The maximum Gasteiger partial charge on any atom is 0.222 e. The molecule has 0 atom stereocenters. The first-order chi connectivity index (χ1) is 9.72. The van der Waals surface area contributed by atoms with Gasteiger partial charge in [0.2, 0.25) is 5.95 Å². The zero-order chi connectivity index (χ0) is 13.9. The predicted octanol–water partition coefficient (Wildman–Crippen LogP) is -1.30. The molecule has 1 fully saturated rings. The number of nitrogens with two attached hydrogens (primary N) is 1. The Labute approximate surface area is 131 Å². The highest BCUT2D eigenvalue weighted by Gasteiger charge is 2.18. The molecule has 1 aliphatic rings. The van der Waals surface area contributed by atoms with Crippen LogP contribution in [-0.2, 0) is 0 Å². The van der Waals surface area contributed by atoms with Gasteiger partial charge in [-0.2, -0.15) is 4.98 Å². The van der Waals surface area contributed by atoms with Crippen molar-refractivity contribution in [2.24, 2.45) is 0 Å². The highest BCUT2D eigenvalue weighted by Crippen LogP contribution is 2.19. The Balaban J connectivity index is 0.00000161. The van der Waals surface area contributed by atoms with E-state index in [4.69, 9.17) is 5.73 Å². The molecule has 21 heavy (non-hydrogen) atoms. The van der Waals surface area contributed by atoms with Gasteiger partial charge >= 0.3 is 0 Å². The Morgan fingerprint density at radius 3 is 2.19 bits per heavy atom. The minimum Gasteiger partial charge on any atom is -1.00 e. The molecule has 0 saturated carbocycles. The van der Waals surface area contributed by atoms with E-state index < -0.39 is 0 Å². The van der Waals surface area contributed by atoms with Crippen LogP contribution in [0.1, 0.15) is 5.69 Å². The molecule has 6 heteroatoms. The minimum atomic E-state index is 0. The SMILES string of the molecule is Cc1cc(N2CCN(c3ccccc3)CC2)nc(N)n1.[Cl-]. The maximum atomic E-state index is 5.73. The molecule has 1 aromatic heterocycles. The molecule has 0 amide bonds. The average molecular weight is 305 g/mol. The molecule has 5 nitrogen and oxygen atoms in total. The van der Waals surface area contributed by atoms with Crippen molar-refractivity contribution in [3.8, 4) is 0 Å². The lowest BCUT2D eigenvalue weighted by Crippen LogP contribution is -3.00. The Hall–Kier alpha value is -2.01. The van der Waals surface area contributed by atoms with E-state index in [-0.39, 0.29) is 12.4 Å². The number of piperazine rings is 1. The molecule has 3 rings (SSSR count). The van der Waals surface area contributed by atoms with Gasteiger partial charge in [-0.05, 0) is 19.1 Å². The van der Waals surface area contributed by atoms with Crippen molar-refractivity contribution in [2.45, 2.75) is 6.92 Å². The molecule has 0 radical (unpaired) electrons. The van der Waals surface area contributed by atoms with Crippen molar-refractivity contribution < 1.29 is 12.4 Å². The predicted molar refractivity (Wildman–Crippen MR) is 82.0 cm³/mol. The summed E-state index contributed by atoms with van der Waals surface area (Å²) < 4.78 is 0. The van der Waals surface area contributed by atoms with Gasteiger partial charge in [0.25, 0.3) is 0 Å². The number of benzene rings is 1. The van der Waals surface area contributed by atoms with Crippen molar-refractivity contribution in [3.63, 3.8) is 0 Å². The van der Waals surface area contributed by atoms with Gasteiger partial charge in [-0.1, -0.05) is 18.2 Å². The fourth-order valence-electron chi connectivity index (χ4n) is 2.57. The van der Waals surface area contributed by atoms with Crippen LogP contribution in [0.15, 0.2) is 36.4 Å². The number of aryl methyl sites for hydroxylation is 1. The van der Waals surface area contributed by atoms with E-state index in [9.17, 15) is 0 Å². The van der Waals surface area contributed by atoms with Gasteiger partial charge in [-0.15, -0.1) is 0 Å². The topological polar surface area (TPSA) is 58.3 Å². The van der Waals surface area contributed by atoms with Crippen LogP contribution >= 0.6 is 0 Å². The quantitative estimate of drug-likeness (QED) is 0.747. The number of halogens is 1. The molecule has 1 aromatic carbocycles. The lowest BCUT2D eigenvalue weighted by atomic mass is 10.2. The van der Waals surface area contributed by atoms with E-state index in [0.29, 0.717) is 5.95 Å². The molecular weight excluding hydrogens is 286 g/mol.